The molecule has 0 aromatic carbocycles. The maximum Gasteiger partial charge on any atom is 0.306 e. The molecule has 0 aromatic rings. The molecule has 0 amide bonds. The minimum absolute atomic E-state index is 0.0950. The first kappa shape index (κ1) is 70.3. The van der Waals surface area contributed by atoms with Crippen molar-refractivity contribution in [2.75, 3.05) is 13.2 Å². The summed E-state index contributed by atoms with van der Waals surface area (Å²) in [5.41, 5.74) is 0. The van der Waals surface area contributed by atoms with E-state index in [9.17, 15) is 14.4 Å². The van der Waals surface area contributed by atoms with Gasteiger partial charge in [0.1, 0.15) is 13.2 Å². The van der Waals surface area contributed by atoms with Crippen LogP contribution in [0, 0.1) is 0 Å². The number of hydrogen-bond donors (Lipinski definition) is 0. The summed E-state index contributed by atoms with van der Waals surface area (Å²) in [7, 11) is 0. The third kappa shape index (κ3) is 59.2. The summed E-state index contributed by atoms with van der Waals surface area (Å²) in [5, 5.41) is 0. The molecule has 0 saturated heterocycles. The fourth-order valence-electron chi connectivity index (χ4n) is 8.61. The van der Waals surface area contributed by atoms with E-state index >= 15 is 0 Å². The first-order chi connectivity index (χ1) is 36.5. The van der Waals surface area contributed by atoms with Gasteiger partial charge in [-0.1, -0.05) is 253 Å². The van der Waals surface area contributed by atoms with Crippen molar-refractivity contribution >= 4 is 17.9 Å². The summed E-state index contributed by atoms with van der Waals surface area (Å²) >= 11 is 0. The van der Waals surface area contributed by atoms with Gasteiger partial charge in [0.15, 0.2) is 6.10 Å². The summed E-state index contributed by atoms with van der Waals surface area (Å²) in [4.78, 5) is 38.3. The molecule has 0 aliphatic heterocycles. The van der Waals surface area contributed by atoms with E-state index in [0.717, 1.165) is 96.3 Å². The molecule has 1 atom stereocenters. The van der Waals surface area contributed by atoms with Crippen LogP contribution in [0.1, 0.15) is 297 Å². The molecule has 424 valence electrons. The van der Waals surface area contributed by atoms with Gasteiger partial charge in [0.05, 0.1) is 0 Å². The molecular weight excluding hydrogens is 913 g/mol. The molecular formula is C68H116O6. The number of rotatable bonds is 56. The Morgan fingerprint density at radius 2 is 0.527 bits per heavy atom. The van der Waals surface area contributed by atoms with E-state index in [4.69, 9.17) is 14.2 Å². The number of hydrogen-bond acceptors (Lipinski definition) is 6. The van der Waals surface area contributed by atoms with Crippen molar-refractivity contribution < 1.29 is 28.6 Å². The predicted molar refractivity (Wildman–Crippen MR) is 320 cm³/mol. The molecule has 0 aliphatic rings. The molecule has 0 bridgehead atoms. The minimum atomic E-state index is -0.802. The van der Waals surface area contributed by atoms with Gasteiger partial charge in [-0.25, -0.2) is 0 Å². The van der Waals surface area contributed by atoms with E-state index in [1.165, 1.54) is 161 Å². The van der Waals surface area contributed by atoms with Crippen molar-refractivity contribution in [2.24, 2.45) is 0 Å². The lowest BCUT2D eigenvalue weighted by Gasteiger charge is -2.18. The maximum absolute atomic E-state index is 12.9. The average molecular weight is 1030 g/mol. The fraction of sp³-hybridized carbons (Fsp3) is 0.721. The lowest BCUT2D eigenvalue weighted by Crippen LogP contribution is -2.30. The highest BCUT2D eigenvalue weighted by Crippen LogP contribution is 2.15. The topological polar surface area (TPSA) is 78.9 Å². The fourth-order valence-corrected chi connectivity index (χ4v) is 8.61. The second-order valence-electron chi connectivity index (χ2n) is 20.6. The van der Waals surface area contributed by atoms with Crippen molar-refractivity contribution in [3.63, 3.8) is 0 Å². The minimum Gasteiger partial charge on any atom is -0.462 e. The third-order valence-corrected chi connectivity index (χ3v) is 13.3. The van der Waals surface area contributed by atoms with Crippen LogP contribution >= 0.6 is 0 Å². The van der Waals surface area contributed by atoms with Crippen molar-refractivity contribution in [1.29, 1.82) is 0 Å². The Bertz CT molecular complexity index is 1460. The second kappa shape index (κ2) is 61.9. The Labute approximate surface area is 457 Å². The zero-order valence-corrected chi connectivity index (χ0v) is 48.6. The zero-order valence-electron chi connectivity index (χ0n) is 48.6. The van der Waals surface area contributed by atoms with Gasteiger partial charge in [0, 0.05) is 19.3 Å². The Morgan fingerprint density at radius 3 is 0.865 bits per heavy atom. The molecule has 0 aromatic heterocycles. The van der Waals surface area contributed by atoms with Gasteiger partial charge >= 0.3 is 17.9 Å². The van der Waals surface area contributed by atoms with E-state index in [2.05, 4.69) is 118 Å². The molecule has 0 spiro atoms. The molecule has 0 radical (unpaired) electrons. The van der Waals surface area contributed by atoms with Crippen molar-refractivity contribution in [2.45, 2.75) is 303 Å². The van der Waals surface area contributed by atoms with Crippen molar-refractivity contribution in [1.82, 2.24) is 0 Å². The molecule has 0 aliphatic carbocycles. The van der Waals surface area contributed by atoms with E-state index < -0.39 is 6.10 Å². The quantitative estimate of drug-likeness (QED) is 0.0261. The second-order valence-corrected chi connectivity index (χ2v) is 20.6. The number of carbonyl (C=O) groups is 3. The number of allylic oxidation sites excluding steroid dienone is 16. The first-order valence-corrected chi connectivity index (χ1v) is 31.2. The summed E-state index contributed by atoms with van der Waals surface area (Å²) in [6.45, 7) is 6.50. The van der Waals surface area contributed by atoms with E-state index in [-0.39, 0.29) is 31.1 Å². The highest BCUT2D eigenvalue weighted by molar-refractivity contribution is 5.71. The highest BCUT2D eigenvalue weighted by Gasteiger charge is 2.19. The first-order valence-electron chi connectivity index (χ1n) is 31.2. The Hall–Kier alpha value is -3.67. The molecule has 1 unspecified atom stereocenters. The number of carbonyl (C=O) groups excluding carboxylic acids is 3. The molecule has 0 fully saturated rings. The van der Waals surface area contributed by atoms with Crippen molar-refractivity contribution in [3.8, 4) is 0 Å². The summed E-state index contributed by atoms with van der Waals surface area (Å²) in [5.74, 6) is -0.940. The van der Waals surface area contributed by atoms with Crippen LogP contribution in [0.2, 0.25) is 0 Å². The lowest BCUT2D eigenvalue weighted by molar-refractivity contribution is -0.167. The molecule has 6 heteroatoms. The predicted octanol–water partition coefficient (Wildman–Crippen LogP) is 21.3. The Kier molecular flexibility index (Phi) is 58.8. The molecule has 0 N–H and O–H groups in total. The van der Waals surface area contributed by atoms with Crippen LogP contribution in [-0.2, 0) is 28.6 Å². The van der Waals surface area contributed by atoms with Gasteiger partial charge in [0.25, 0.3) is 0 Å². The van der Waals surface area contributed by atoms with Gasteiger partial charge in [-0.3, -0.25) is 14.4 Å². The monoisotopic (exact) mass is 1030 g/mol. The Morgan fingerprint density at radius 1 is 0.284 bits per heavy atom. The third-order valence-electron chi connectivity index (χ3n) is 13.3. The number of ether oxygens (including phenoxy) is 3. The molecule has 6 nitrogen and oxygen atoms in total. The zero-order chi connectivity index (χ0) is 53.6. The van der Waals surface area contributed by atoms with Gasteiger partial charge in [0.2, 0.25) is 0 Å². The van der Waals surface area contributed by atoms with Crippen LogP contribution < -0.4 is 0 Å². The lowest BCUT2D eigenvalue weighted by atomic mass is 10.1. The normalized spacial score (nSPS) is 12.7. The summed E-state index contributed by atoms with van der Waals surface area (Å²) in [6, 6.07) is 0. The van der Waals surface area contributed by atoms with Crippen LogP contribution in [0.15, 0.2) is 97.2 Å². The molecule has 0 rings (SSSR count). The van der Waals surface area contributed by atoms with Crippen LogP contribution in [0.5, 0.6) is 0 Å². The van der Waals surface area contributed by atoms with Gasteiger partial charge < -0.3 is 14.2 Å². The largest absolute Gasteiger partial charge is 0.462 e. The van der Waals surface area contributed by atoms with Gasteiger partial charge in [-0.2, -0.15) is 0 Å². The van der Waals surface area contributed by atoms with Gasteiger partial charge in [-0.15, -0.1) is 0 Å². The van der Waals surface area contributed by atoms with E-state index in [1.807, 2.05) is 0 Å². The summed E-state index contributed by atoms with van der Waals surface area (Å²) < 4.78 is 16.9. The van der Waals surface area contributed by atoms with Crippen LogP contribution in [-0.4, -0.2) is 37.2 Å². The summed E-state index contributed by atoms with van der Waals surface area (Å²) in [6.07, 6.45) is 82.6. The average Bonchev–Trinajstić information content (AvgIpc) is 3.40. The van der Waals surface area contributed by atoms with E-state index in [0.29, 0.717) is 19.3 Å². The van der Waals surface area contributed by atoms with E-state index in [1.54, 1.807) is 0 Å². The molecule has 74 heavy (non-hydrogen) atoms. The van der Waals surface area contributed by atoms with Crippen LogP contribution in [0.3, 0.4) is 0 Å². The number of esters is 3. The SMILES string of the molecule is CC/C=C\C/C=C\C/C=C\C/C=C\C/C=C\C/C=C\CCCCC(=O)OCC(COC(=O)CCCCCCCCC/C=C\CCCCCCCC)OC(=O)CCCCCCCCC/C=C\CCCCCCCCC. The molecule has 0 heterocycles. The molecule has 0 saturated carbocycles. The van der Waals surface area contributed by atoms with Crippen LogP contribution in [0.4, 0.5) is 0 Å². The maximum atomic E-state index is 12.9. The highest BCUT2D eigenvalue weighted by atomic mass is 16.6. The van der Waals surface area contributed by atoms with Crippen LogP contribution in [0.25, 0.3) is 0 Å². The Balaban J connectivity index is 4.47. The van der Waals surface area contributed by atoms with Crippen molar-refractivity contribution in [3.05, 3.63) is 97.2 Å². The number of unbranched alkanes of at least 4 members (excludes halogenated alkanes) is 29. The van der Waals surface area contributed by atoms with Gasteiger partial charge in [-0.05, 0) is 122 Å². The smallest absolute Gasteiger partial charge is 0.306 e. The standard InChI is InChI=1S/C68H116O6/c1-4-7-10-13-16-19-22-25-28-31-33-34-35-38-40-43-46-49-52-55-58-61-67(70)73-64-65(63-72-66(69)60-57-54-51-48-45-42-39-36-30-27-24-21-18-15-12-9-6-3)74-68(71)62-59-56-53-50-47-44-41-37-32-29-26-23-20-17-14-11-8-5-2/h7,10,16,19,25,27-30,32-34,38,40,46,49,65H,4-6,8-9,11-15,17-18,20-24,26,31,35-37,39,41-45,47-48,50-64H2,1-3H3/b10-7-,19-16-,28-25-,30-27-,32-29-,34-33-,40-38-,49-46-.